The van der Waals surface area contributed by atoms with Crippen molar-refractivity contribution in [1.29, 1.82) is 0 Å². The summed E-state index contributed by atoms with van der Waals surface area (Å²) in [5.41, 5.74) is 0.538. The van der Waals surface area contributed by atoms with E-state index < -0.39 is 5.60 Å². The molecule has 1 aromatic rings. The third-order valence-corrected chi connectivity index (χ3v) is 2.23. The van der Waals surface area contributed by atoms with Crippen molar-refractivity contribution in [2.75, 3.05) is 0 Å². The Morgan fingerprint density at radius 1 is 1.32 bits per heavy atom. The Kier molecular flexibility index (Phi) is 5.37. The lowest BCUT2D eigenvalue weighted by Crippen LogP contribution is -2.33. The largest absolute Gasteiger partial charge is 0.443 e. The predicted octanol–water partition coefficient (Wildman–Crippen LogP) is 4.12. The molecule has 1 amide bonds. The second-order valence-corrected chi connectivity index (χ2v) is 5.17. The van der Waals surface area contributed by atoms with Crippen LogP contribution in [0.25, 0.3) is 0 Å². The zero-order valence-electron chi connectivity index (χ0n) is 11.8. The maximum atomic E-state index is 12.1. The molecule has 0 spiro atoms. The van der Waals surface area contributed by atoms with Crippen molar-refractivity contribution in [2.24, 2.45) is 0 Å². The molecule has 0 fully saturated rings. The van der Waals surface area contributed by atoms with Gasteiger partial charge in [-0.25, -0.2) is 4.79 Å². The Morgan fingerprint density at radius 3 is 2.47 bits per heavy atom. The lowest BCUT2D eigenvalue weighted by Gasteiger charge is -2.25. The summed E-state index contributed by atoms with van der Waals surface area (Å²) in [6, 6.07) is 9.78. The predicted molar refractivity (Wildman–Crippen MR) is 77.6 cm³/mol. The van der Waals surface area contributed by atoms with E-state index in [1.165, 1.54) is 4.90 Å². The van der Waals surface area contributed by atoms with E-state index in [2.05, 4.69) is 6.58 Å². The molecule has 0 aliphatic carbocycles. The topological polar surface area (TPSA) is 29.5 Å². The summed E-state index contributed by atoms with van der Waals surface area (Å²) >= 11 is 0. The Hall–Kier alpha value is -2.03. The molecule has 0 aliphatic heterocycles. The first-order valence-corrected chi connectivity index (χ1v) is 6.25. The summed E-state index contributed by atoms with van der Waals surface area (Å²) in [7, 11) is 0. The Morgan fingerprint density at radius 2 is 1.95 bits per heavy atom. The molecule has 0 heterocycles. The molecule has 0 atom stereocenters. The number of ether oxygens (including phenoxy) is 1. The number of nitrogens with zero attached hydrogens (tertiary/aromatic N) is 1. The van der Waals surface area contributed by atoms with Crippen LogP contribution in [0.1, 0.15) is 26.3 Å². The summed E-state index contributed by atoms with van der Waals surface area (Å²) in [6.45, 7) is 9.63. The molecule has 3 heteroatoms. The zero-order chi connectivity index (χ0) is 14.3. The minimum Gasteiger partial charge on any atom is -0.443 e. The van der Waals surface area contributed by atoms with Crippen molar-refractivity contribution in [1.82, 2.24) is 4.90 Å². The summed E-state index contributed by atoms with van der Waals surface area (Å²) in [4.78, 5) is 13.6. The van der Waals surface area contributed by atoms with Crippen molar-refractivity contribution in [3.63, 3.8) is 0 Å². The smallest absolute Gasteiger partial charge is 0.414 e. The molecule has 3 nitrogen and oxygen atoms in total. The van der Waals surface area contributed by atoms with E-state index in [1.54, 1.807) is 18.4 Å². The first-order chi connectivity index (χ1) is 8.92. The molecule has 1 aromatic carbocycles. The van der Waals surface area contributed by atoms with Crippen LogP contribution < -0.4 is 0 Å². The van der Waals surface area contributed by atoms with Crippen LogP contribution in [0.4, 0.5) is 4.79 Å². The molecule has 102 valence electrons. The van der Waals surface area contributed by atoms with Crippen LogP contribution in [0.3, 0.4) is 0 Å². The molecular weight excluding hydrogens is 238 g/mol. The van der Waals surface area contributed by atoms with Gasteiger partial charge in [-0.3, -0.25) is 4.90 Å². The van der Waals surface area contributed by atoms with E-state index in [-0.39, 0.29) is 6.09 Å². The van der Waals surface area contributed by atoms with Crippen LogP contribution in [0, 0.1) is 0 Å². The molecule has 0 radical (unpaired) electrons. The Bertz CT molecular complexity index is 444. The number of benzene rings is 1. The fraction of sp³-hybridized carbons (Fsp3) is 0.312. The Labute approximate surface area is 115 Å². The van der Waals surface area contributed by atoms with Gasteiger partial charge >= 0.3 is 6.09 Å². The van der Waals surface area contributed by atoms with Crippen molar-refractivity contribution in [2.45, 2.75) is 32.9 Å². The number of amides is 1. The van der Waals surface area contributed by atoms with E-state index >= 15 is 0 Å². The number of carbonyl (C=O) groups excluding carboxylic acids is 1. The highest BCUT2D eigenvalue weighted by Crippen LogP contribution is 2.13. The quantitative estimate of drug-likeness (QED) is 0.761. The van der Waals surface area contributed by atoms with Gasteiger partial charge in [0.25, 0.3) is 0 Å². The molecular formula is C16H21NO2. The molecule has 0 bridgehead atoms. The van der Waals surface area contributed by atoms with Gasteiger partial charge in [-0.2, -0.15) is 0 Å². The second-order valence-electron chi connectivity index (χ2n) is 5.17. The molecule has 0 saturated heterocycles. The van der Waals surface area contributed by atoms with E-state index in [9.17, 15) is 4.79 Å². The van der Waals surface area contributed by atoms with Crippen LogP contribution in [0.2, 0.25) is 0 Å². The fourth-order valence-corrected chi connectivity index (χ4v) is 1.44. The van der Waals surface area contributed by atoms with Gasteiger partial charge in [-0.1, -0.05) is 43.0 Å². The standard InChI is InChI=1S/C16H21NO2/c1-5-6-12-17(15(18)19-16(2,3)4)13-14-10-8-7-9-11-14/h5-12H,1,13H2,2-4H3/b12-6+. The lowest BCUT2D eigenvalue weighted by molar-refractivity contribution is 0.0323. The SMILES string of the molecule is C=C/C=C/N(Cc1ccccc1)C(=O)OC(C)(C)C. The van der Waals surface area contributed by atoms with Crippen molar-refractivity contribution >= 4 is 6.09 Å². The summed E-state index contributed by atoms with van der Waals surface area (Å²) in [5, 5.41) is 0. The summed E-state index contributed by atoms with van der Waals surface area (Å²) in [5.74, 6) is 0. The molecule has 0 aromatic heterocycles. The molecule has 0 saturated carbocycles. The van der Waals surface area contributed by atoms with Crippen LogP contribution in [-0.2, 0) is 11.3 Å². The van der Waals surface area contributed by atoms with Gasteiger partial charge in [0.2, 0.25) is 0 Å². The third kappa shape index (κ3) is 5.91. The zero-order valence-corrected chi connectivity index (χ0v) is 11.8. The average molecular weight is 259 g/mol. The molecule has 0 unspecified atom stereocenters. The van der Waals surface area contributed by atoms with Crippen LogP contribution in [0.5, 0.6) is 0 Å². The molecule has 0 N–H and O–H groups in total. The number of hydrogen-bond acceptors (Lipinski definition) is 2. The van der Waals surface area contributed by atoms with Gasteiger partial charge in [0.15, 0.2) is 0 Å². The lowest BCUT2D eigenvalue weighted by atomic mass is 10.2. The first-order valence-electron chi connectivity index (χ1n) is 6.25. The Balaban J connectivity index is 2.80. The van der Waals surface area contributed by atoms with Gasteiger partial charge < -0.3 is 4.74 Å². The van der Waals surface area contributed by atoms with Gasteiger partial charge in [0, 0.05) is 6.20 Å². The van der Waals surface area contributed by atoms with Crippen molar-refractivity contribution in [3.8, 4) is 0 Å². The molecule has 0 aliphatic rings. The van der Waals surface area contributed by atoms with Crippen LogP contribution in [-0.4, -0.2) is 16.6 Å². The monoisotopic (exact) mass is 259 g/mol. The number of hydrogen-bond donors (Lipinski definition) is 0. The number of carbonyl (C=O) groups is 1. The van der Waals surface area contributed by atoms with E-state index in [1.807, 2.05) is 51.1 Å². The van der Waals surface area contributed by atoms with E-state index in [0.717, 1.165) is 5.56 Å². The van der Waals surface area contributed by atoms with E-state index in [0.29, 0.717) is 6.54 Å². The number of allylic oxidation sites excluding steroid dienone is 2. The minimum atomic E-state index is -0.506. The molecule has 1 rings (SSSR count). The van der Waals surface area contributed by atoms with Gasteiger partial charge in [-0.15, -0.1) is 0 Å². The van der Waals surface area contributed by atoms with Crippen LogP contribution >= 0.6 is 0 Å². The van der Waals surface area contributed by atoms with Crippen LogP contribution in [0.15, 0.2) is 55.3 Å². The van der Waals surface area contributed by atoms with Gasteiger partial charge in [0.1, 0.15) is 5.60 Å². The van der Waals surface area contributed by atoms with Crippen molar-refractivity contribution in [3.05, 3.63) is 60.8 Å². The molecule has 19 heavy (non-hydrogen) atoms. The van der Waals surface area contributed by atoms with Crippen molar-refractivity contribution < 1.29 is 9.53 Å². The first kappa shape index (κ1) is 15.0. The fourth-order valence-electron chi connectivity index (χ4n) is 1.44. The highest BCUT2D eigenvalue weighted by molar-refractivity contribution is 5.69. The van der Waals surface area contributed by atoms with Gasteiger partial charge in [0.05, 0.1) is 6.54 Å². The summed E-state index contributed by atoms with van der Waals surface area (Å²) < 4.78 is 5.37. The minimum absolute atomic E-state index is 0.366. The number of rotatable bonds is 4. The normalized spacial score (nSPS) is 11.3. The third-order valence-electron chi connectivity index (χ3n) is 2.23. The highest BCUT2D eigenvalue weighted by atomic mass is 16.6. The maximum Gasteiger partial charge on any atom is 0.414 e. The maximum absolute atomic E-state index is 12.1. The van der Waals surface area contributed by atoms with Gasteiger partial charge in [-0.05, 0) is 32.4 Å². The van der Waals surface area contributed by atoms with E-state index in [4.69, 9.17) is 4.74 Å². The average Bonchev–Trinajstić information content (AvgIpc) is 2.33. The highest BCUT2D eigenvalue weighted by Gasteiger charge is 2.20. The summed E-state index contributed by atoms with van der Waals surface area (Å²) in [6.07, 6.45) is 4.65. The second kappa shape index (κ2) is 6.78.